The number of epoxide rings is 1. The molecule has 1 spiro atoms. The summed E-state index contributed by atoms with van der Waals surface area (Å²) in [5.41, 5.74) is 0.508. The third-order valence-electron chi connectivity index (χ3n) is 6.55. The minimum absolute atomic E-state index is 0.0557. The molecule has 0 aromatic heterocycles. The molecule has 1 heterocycles. The molecule has 1 aliphatic heterocycles. The second kappa shape index (κ2) is 4.14. The predicted octanol–water partition coefficient (Wildman–Crippen LogP) is 5.27. The van der Waals surface area contributed by atoms with Gasteiger partial charge in [-0.25, -0.2) is 0 Å². The van der Waals surface area contributed by atoms with E-state index in [-0.39, 0.29) is 21.3 Å². The van der Waals surface area contributed by atoms with E-state index in [1.54, 1.807) is 0 Å². The number of rotatable bonds is 0. The number of hydrogen-bond acceptors (Lipinski definition) is 1. The van der Waals surface area contributed by atoms with Crippen molar-refractivity contribution in [2.24, 2.45) is 10.8 Å². The monoisotopic (exact) mass is 412 g/mol. The Morgan fingerprint density at radius 3 is 2.26 bits per heavy atom. The Morgan fingerprint density at radius 1 is 1.05 bits per heavy atom. The quantitative estimate of drug-likeness (QED) is 0.389. The third kappa shape index (κ3) is 1.80. The van der Waals surface area contributed by atoms with E-state index in [9.17, 15) is 0 Å². The molecule has 0 aromatic carbocycles. The second-order valence-electron chi connectivity index (χ2n) is 7.67. The van der Waals surface area contributed by atoms with Crippen molar-refractivity contribution in [1.29, 1.82) is 0 Å². The van der Waals surface area contributed by atoms with Crippen molar-refractivity contribution in [3.63, 3.8) is 0 Å². The Balaban J connectivity index is 2.01. The molecule has 0 bridgehead atoms. The molecule has 6 atom stereocenters. The summed E-state index contributed by atoms with van der Waals surface area (Å²) in [4.78, 5) is 0.760. The van der Waals surface area contributed by atoms with Gasteiger partial charge in [0.05, 0.1) is 16.6 Å². The molecule has 0 aromatic rings. The van der Waals surface area contributed by atoms with Crippen LogP contribution in [0.25, 0.3) is 0 Å². The molecule has 0 radical (unpaired) electrons. The number of alkyl halides is 3. The number of halogens is 3. The fraction of sp³-hybridized carbons (Fsp3) is 1.00. The van der Waals surface area contributed by atoms with Crippen LogP contribution in [0.2, 0.25) is 0 Å². The first-order valence-corrected chi connectivity index (χ1v) is 9.43. The predicted molar refractivity (Wildman–Crippen MR) is 87.6 cm³/mol. The van der Waals surface area contributed by atoms with E-state index in [0.717, 1.165) is 25.7 Å². The van der Waals surface area contributed by atoms with Crippen molar-refractivity contribution in [2.45, 2.75) is 79.6 Å². The molecule has 1 saturated heterocycles. The molecular formula is C15H23Br2ClO. The summed E-state index contributed by atoms with van der Waals surface area (Å²) in [6.07, 6.45) is 4.89. The van der Waals surface area contributed by atoms with E-state index in [0.29, 0.717) is 15.8 Å². The first kappa shape index (κ1) is 15.1. The van der Waals surface area contributed by atoms with E-state index in [2.05, 4.69) is 59.6 Å². The number of ether oxygens (including phenoxy) is 1. The summed E-state index contributed by atoms with van der Waals surface area (Å²) in [7, 11) is 0. The van der Waals surface area contributed by atoms with Crippen LogP contribution in [0, 0.1) is 10.8 Å². The Morgan fingerprint density at radius 2 is 1.68 bits per heavy atom. The van der Waals surface area contributed by atoms with Crippen LogP contribution >= 0.6 is 43.5 Å². The van der Waals surface area contributed by atoms with Crippen LogP contribution in [-0.2, 0) is 4.74 Å². The number of hydrogen-bond donors (Lipinski definition) is 0. The first-order valence-electron chi connectivity index (χ1n) is 7.22. The summed E-state index contributed by atoms with van der Waals surface area (Å²) < 4.78 is 6.19. The van der Waals surface area contributed by atoms with E-state index in [1.165, 1.54) is 0 Å². The van der Waals surface area contributed by atoms with E-state index < -0.39 is 0 Å². The maximum absolute atomic E-state index is 6.66. The van der Waals surface area contributed by atoms with Gasteiger partial charge in [-0.05, 0) is 44.9 Å². The van der Waals surface area contributed by atoms with Crippen LogP contribution in [0.15, 0.2) is 0 Å². The molecule has 110 valence electrons. The molecule has 3 aliphatic rings. The Labute approximate surface area is 138 Å². The highest BCUT2D eigenvalue weighted by molar-refractivity contribution is 9.09. The largest absolute Gasteiger partial charge is 0.366 e. The van der Waals surface area contributed by atoms with E-state index >= 15 is 0 Å². The molecule has 1 nitrogen and oxygen atoms in total. The van der Waals surface area contributed by atoms with Gasteiger partial charge in [-0.2, -0.15) is 0 Å². The maximum atomic E-state index is 6.66. The van der Waals surface area contributed by atoms with Gasteiger partial charge >= 0.3 is 0 Å². The summed E-state index contributed by atoms with van der Waals surface area (Å²) in [5.74, 6) is 0. The molecule has 0 amide bonds. The highest BCUT2D eigenvalue weighted by atomic mass is 79.9. The maximum Gasteiger partial charge on any atom is 0.0982 e. The van der Waals surface area contributed by atoms with Crippen LogP contribution < -0.4 is 0 Å². The minimum atomic E-state index is -0.124. The highest BCUT2D eigenvalue weighted by Gasteiger charge is 2.75. The molecule has 2 aliphatic carbocycles. The lowest BCUT2D eigenvalue weighted by atomic mass is 9.47. The lowest BCUT2D eigenvalue weighted by Gasteiger charge is -2.59. The van der Waals surface area contributed by atoms with Gasteiger partial charge < -0.3 is 4.74 Å². The van der Waals surface area contributed by atoms with Gasteiger partial charge in [0.2, 0.25) is 0 Å². The molecule has 19 heavy (non-hydrogen) atoms. The van der Waals surface area contributed by atoms with Crippen molar-refractivity contribution >= 4 is 43.5 Å². The Bertz CT molecular complexity index is 411. The van der Waals surface area contributed by atoms with Crippen LogP contribution in [-0.4, -0.2) is 26.2 Å². The van der Waals surface area contributed by atoms with Crippen LogP contribution in [0.5, 0.6) is 0 Å². The molecular weight excluding hydrogens is 391 g/mol. The molecule has 3 rings (SSSR count). The lowest BCUT2D eigenvalue weighted by molar-refractivity contribution is -0.0547. The minimum Gasteiger partial charge on any atom is -0.366 e. The zero-order valence-corrected chi connectivity index (χ0v) is 16.0. The summed E-state index contributed by atoms with van der Waals surface area (Å²) in [5, 5.41) is 0. The highest BCUT2D eigenvalue weighted by Crippen LogP contribution is 2.72. The van der Waals surface area contributed by atoms with Gasteiger partial charge in [0, 0.05) is 15.1 Å². The molecule has 0 N–H and O–H groups in total. The smallest absolute Gasteiger partial charge is 0.0982 e. The Hall–Kier alpha value is 1.21. The van der Waals surface area contributed by atoms with Crippen molar-refractivity contribution in [3.05, 3.63) is 0 Å². The van der Waals surface area contributed by atoms with Crippen molar-refractivity contribution in [1.82, 2.24) is 0 Å². The van der Waals surface area contributed by atoms with Gasteiger partial charge in [0.15, 0.2) is 0 Å². The number of fused-ring (bicyclic) bond motifs is 2. The summed E-state index contributed by atoms with van der Waals surface area (Å²) in [6.45, 7) is 9.31. The van der Waals surface area contributed by atoms with Gasteiger partial charge in [0.25, 0.3) is 0 Å². The van der Waals surface area contributed by atoms with Gasteiger partial charge in [-0.15, -0.1) is 11.6 Å². The first-order chi connectivity index (χ1) is 8.57. The fourth-order valence-corrected chi connectivity index (χ4v) is 6.38. The lowest BCUT2D eigenvalue weighted by Crippen LogP contribution is -2.61. The van der Waals surface area contributed by atoms with Crippen molar-refractivity contribution < 1.29 is 4.74 Å². The van der Waals surface area contributed by atoms with Crippen molar-refractivity contribution in [2.75, 3.05) is 0 Å². The van der Waals surface area contributed by atoms with E-state index in [4.69, 9.17) is 16.3 Å². The van der Waals surface area contributed by atoms with Gasteiger partial charge in [-0.3, -0.25) is 0 Å². The second-order valence-corrected chi connectivity index (χ2v) is 10.7. The zero-order valence-electron chi connectivity index (χ0n) is 12.1. The zero-order chi connectivity index (χ0) is 14.3. The Kier molecular flexibility index (Phi) is 3.30. The average molecular weight is 415 g/mol. The van der Waals surface area contributed by atoms with Gasteiger partial charge in [-0.1, -0.05) is 45.7 Å². The third-order valence-corrected chi connectivity index (χ3v) is 10.1. The normalized spacial score (nSPS) is 59.8. The molecule has 4 heteroatoms. The standard InChI is InChI=1S/C15H23Br2ClO/c1-12(2)9(16)7-11-14(4,19-11)15(12)6-5-13(3,18)10(17)8-15/h9-11H,5-8H2,1-4H3/t9-,10?,11?,13?,14-,15?/m1/s1. The molecule has 2 saturated carbocycles. The molecule has 3 fully saturated rings. The van der Waals surface area contributed by atoms with E-state index in [1.807, 2.05) is 0 Å². The summed E-state index contributed by atoms with van der Waals surface area (Å²) >= 11 is 14.5. The SMILES string of the molecule is CC1(Cl)CCC2(CC1Br)C(C)(C)[C@H](Br)CC1O[C@]12C. The summed E-state index contributed by atoms with van der Waals surface area (Å²) in [6, 6.07) is 0. The van der Waals surface area contributed by atoms with Crippen LogP contribution in [0.4, 0.5) is 0 Å². The van der Waals surface area contributed by atoms with Crippen LogP contribution in [0.3, 0.4) is 0 Å². The van der Waals surface area contributed by atoms with Gasteiger partial charge in [0.1, 0.15) is 0 Å². The average Bonchev–Trinajstić information content (AvgIpc) is 2.94. The van der Waals surface area contributed by atoms with Crippen LogP contribution in [0.1, 0.15) is 53.4 Å². The van der Waals surface area contributed by atoms with Crippen molar-refractivity contribution in [3.8, 4) is 0 Å². The fourth-order valence-electron chi connectivity index (χ4n) is 4.65. The topological polar surface area (TPSA) is 12.5 Å². The molecule has 4 unspecified atom stereocenters.